The fourth-order valence-electron chi connectivity index (χ4n) is 2.10. The molecule has 0 radical (unpaired) electrons. The van der Waals surface area contributed by atoms with Gasteiger partial charge < -0.3 is 4.79 Å². The Morgan fingerprint density at radius 3 is 2.50 bits per heavy atom. The Kier molecular flexibility index (Phi) is 4.19. The molecule has 3 unspecified atom stereocenters. The normalized spacial score (nSPS) is 28.0. The molecule has 0 amide bonds. The summed E-state index contributed by atoms with van der Waals surface area (Å²) in [6.45, 7) is 2.10. The van der Waals surface area contributed by atoms with E-state index in [1.807, 2.05) is 37.2 Å². The van der Waals surface area contributed by atoms with E-state index in [0.29, 0.717) is 0 Å². The number of aliphatic imine (C=N–C) groups is 1. The minimum Gasteiger partial charge on any atom is -0.303 e. The third kappa shape index (κ3) is 2.65. The predicted octanol–water partition coefficient (Wildman–Crippen LogP) is 2.27. The van der Waals surface area contributed by atoms with Gasteiger partial charge in [0.15, 0.2) is 0 Å². The summed E-state index contributed by atoms with van der Waals surface area (Å²) in [7, 11) is 3.94. The molecule has 1 heterocycles. The van der Waals surface area contributed by atoms with Gasteiger partial charge in [0, 0.05) is 10.8 Å². The van der Waals surface area contributed by atoms with Gasteiger partial charge in [-0.3, -0.25) is 9.89 Å². The van der Waals surface area contributed by atoms with Crippen LogP contribution in [0.3, 0.4) is 0 Å². The summed E-state index contributed by atoms with van der Waals surface area (Å²) in [5.41, 5.74) is 1.13. The molecule has 0 bridgehead atoms. The highest BCUT2D eigenvalue weighted by molar-refractivity contribution is 8.15. The smallest absolute Gasteiger partial charge is 0.127 e. The molecular formula is C14H18N2OS. The van der Waals surface area contributed by atoms with Gasteiger partial charge in [0.2, 0.25) is 0 Å². The van der Waals surface area contributed by atoms with Crippen LogP contribution in [0.15, 0.2) is 35.3 Å². The van der Waals surface area contributed by atoms with Gasteiger partial charge in [-0.15, -0.1) is 11.8 Å². The Morgan fingerprint density at radius 2 is 1.94 bits per heavy atom. The summed E-state index contributed by atoms with van der Waals surface area (Å²) in [6.07, 6.45) is 0.974. The average Bonchev–Trinajstić information content (AvgIpc) is 2.38. The van der Waals surface area contributed by atoms with Crippen LogP contribution < -0.4 is 0 Å². The summed E-state index contributed by atoms with van der Waals surface area (Å²) in [6, 6.07) is 10.1. The van der Waals surface area contributed by atoms with E-state index in [-0.39, 0.29) is 17.3 Å². The summed E-state index contributed by atoms with van der Waals surface area (Å²) in [5, 5.41) is 1.28. The monoisotopic (exact) mass is 262 g/mol. The van der Waals surface area contributed by atoms with E-state index in [4.69, 9.17) is 4.99 Å². The van der Waals surface area contributed by atoms with Gasteiger partial charge >= 0.3 is 0 Å². The maximum Gasteiger partial charge on any atom is 0.127 e. The van der Waals surface area contributed by atoms with E-state index >= 15 is 0 Å². The van der Waals surface area contributed by atoms with Gasteiger partial charge in [0.25, 0.3) is 0 Å². The number of carbonyl (C=O) groups is 1. The topological polar surface area (TPSA) is 32.7 Å². The van der Waals surface area contributed by atoms with E-state index in [0.717, 1.165) is 16.9 Å². The summed E-state index contributed by atoms with van der Waals surface area (Å²) >= 11 is 1.69. The van der Waals surface area contributed by atoms with Gasteiger partial charge in [-0.1, -0.05) is 37.3 Å². The van der Waals surface area contributed by atoms with Crippen molar-refractivity contribution in [1.29, 1.82) is 0 Å². The quantitative estimate of drug-likeness (QED) is 0.783. The van der Waals surface area contributed by atoms with Crippen LogP contribution in [0.2, 0.25) is 0 Å². The molecule has 2 rings (SSSR count). The van der Waals surface area contributed by atoms with Crippen LogP contribution in [-0.2, 0) is 4.79 Å². The van der Waals surface area contributed by atoms with Crippen molar-refractivity contribution in [3.8, 4) is 0 Å². The molecule has 0 aliphatic carbocycles. The molecule has 1 aliphatic rings. The molecule has 0 aromatic heterocycles. The molecule has 1 aromatic carbocycles. The number of carbonyl (C=O) groups excluding carboxylic acids is 1. The van der Waals surface area contributed by atoms with Crippen molar-refractivity contribution in [3.63, 3.8) is 0 Å². The van der Waals surface area contributed by atoms with Gasteiger partial charge in [0.1, 0.15) is 12.5 Å². The van der Waals surface area contributed by atoms with Gasteiger partial charge in [0.05, 0.1) is 11.0 Å². The van der Waals surface area contributed by atoms with Gasteiger partial charge in [-0.25, -0.2) is 0 Å². The second kappa shape index (κ2) is 5.67. The Labute approximate surface area is 112 Å². The van der Waals surface area contributed by atoms with Crippen molar-refractivity contribution in [2.45, 2.75) is 18.3 Å². The van der Waals surface area contributed by atoms with Gasteiger partial charge in [-0.2, -0.15) is 0 Å². The largest absolute Gasteiger partial charge is 0.303 e. The number of benzene rings is 1. The molecule has 0 spiro atoms. The summed E-state index contributed by atoms with van der Waals surface area (Å²) in [5.74, 6) is -0.0440. The first-order valence-corrected chi connectivity index (χ1v) is 6.93. The van der Waals surface area contributed by atoms with Crippen LogP contribution in [0.25, 0.3) is 0 Å². The highest BCUT2D eigenvalue weighted by atomic mass is 32.2. The lowest BCUT2D eigenvalue weighted by atomic mass is 10.0. The lowest BCUT2D eigenvalue weighted by molar-refractivity contribution is -0.112. The molecule has 0 fully saturated rings. The Balaban J connectivity index is 2.35. The second-order valence-corrected chi connectivity index (χ2v) is 6.08. The zero-order valence-corrected chi connectivity index (χ0v) is 11.7. The Morgan fingerprint density at radius 1 is 1.28 bits per heavy atom. The number of aldehydes is 1. The first-order chi connectivity index (χ1) is 8.63. The number of hydrogen-bond acceptors (Lipinski definition) is 4. The Hall–Kier alpha value is -1.13. The standard InChI is InChI=1S/C14H18N2OS/c1-10-12(9-17)13(16(2)3)15-14(18-10)11-7-5-4-6-8-11/h4-10,12-13H,1-3H3. The van der Waals surface area contributed by atoms with Crippen molar-refractivity contribution in [1.82, 2.24) is 4.90 Å². The van der Waals surface area contributed by atoms with E-state index in [1.165, 1.54) is 0 Å². The molecule has 0 N–H and O–H groups in total. The summed E-state index contributed by atoms with van der Waals surface area (Å²) < 4.78 is 0. The van der Waals surface area contributed by atoms with Gasteiger partial charge in [-0.05, 0) is 14.1 Å². The molecule has 1 aliphatic heterocycles. The molecule has 3 nitrogen and oxygen atoms in total. The number of rotatable bonds is 3. The lowest BCUT2D eigenvalue weighted by Crippen LogP contribution is -2.42. The first-order valence-electron chi connectivity index (χ1n) is 6.05. The van der Waals surface area contributed by atoms with Crippen molar-refractivity contribution in [2.24, 2.45) is 10.9 Å². The molecule has 18 heavy (non-hydrogen) atoms. The SMILES string of the molecule is CC1SC(c2ccccc2)=NC(N(C)C)C1C=O. The minimum absolute atomic E-state index is 0.0440. The average molecular weight is 262 g/mol. The van der Waals surface area contributed by atoms with E-state index in [9.17, 15) is 4.79 Å². The first kappa shape index (κ1) is 13.3. The summed E-state index contributed by atoms with van der Waals surface area (Å²) in [4.78, 5) is 18.0. The highest BCUT2D eigenvalue weighted by Gasteiger charge is 2.33. The molecule has 4 heteroatoms. The third-order valence-corrected chi connectivity index (χ3v) is 4.39. The molecule has 3 atom stereocenters. The zero-order valence-electron chi connectivity index (χ0n) is 10.9. The second-order valence-electron chi connectivity index (χ2n) is 4.71. The zero-order chi connectivity index (χ0) is 13.1. The Bertz CT molecular complexity index is 444. The number of nitrogens with zero attached hydrogens (tertiary/aromatic N) is 2. The third-order valence-electron chi connectivity index (χ3n) is 3.14. The van der Waals surface area contributed by atoms with Crippen LogP contribution in [0.5, 0.6) is 0 Å². The maximum atomic E-state index is 11.2. The van der Waals surface area contributed by atoms with Crippen LogP contribution >= 0.6 is 11.8 Å². The van der Waals surface area contributed by atoms with Crippen LogP contribution in [0.4, 0.5) is 0 Å². The van der Waals surface area contributed by atoms with E-state index in [2.05, 4.69) is 19.1 Å². The van der Waals surface area contributed by atoms with Crippen molar-refractivity contribution < 1.29 is 4.79 Å². The molecule has 1 aromatic rings. The van der Waals surface area contributed by atoms with E-state index < -0.39 is 0 Å². The fraction of sp³-hybridized carbons (Fsp3) is 0.429. The fourth-order valence-corrected chi connectivity index (χ4v) is 3.25. The number of thioether (sulfide) groups is 1. The number of hydrogen-bond donors (Lipinski definition) is 0. The minimum atomic E-state index is -0.0612. The molecule has 0 saturated carbocycles. The molecule has 0 saturated heterocycles. The molecule has 96 valence electrons. The molecular weight excluding hydrogens is 244 g/mol. The lowest BCUT2D eigenvalue weighted by Gasteiger charge is -2.34. The van der Waals surface area contributed by atoms with Crippen LogP contribution in [-0.4, -0.2) is 41.7 Å². The van der Waals surface area contributed by atoms with Crippen molar-refractivity contribution in [3.05, 3.63) is 35.9 Å². The highest BCUT2D eigenvalue weighted by Crippen LogP contribution is 2.32. The maximum absolute atomic E-state index is 11.2. The van der Waals surface area contributed by atoms with Crippen LogP contribution in [0.1, 0.15) is 12.5 Å². The van der Waals surface area contributed by atoms with E-state index in [1.54, 1.807) is 11.8 Å². The predicted molar refractivity (Wildman–Crippen MR) is 77.1 cm³/mol. The van der Waals surface area contributed by atoms with Crippen molar-refractivity contribution >= 4 is 23.1 Å². The van der Waals surface area contributed by atoms with Crippen molar-refractivity contribution in [2.75, 3.05) is 14.1 Å². The van der Waals surface area contributed by atoms with Crippen LogP contribution in [0, 0.1) is 5.92 Å².